The first kappa shape index (κ1) is 16.5. The van der Waals surface area contributed by atoms with Crippen molar-refractivity contribution in [3.8, 4) is 11.5 Å². The Hall–Kier alpha value is -2.45. The van der Waals surface area contributed by atoms with Crippen molar-refractivity contribution in [3.63, 3.8) is 0 Å². The van der Waals surface area contributed by atoms with E-state index in [-0.39, 0.29) is 12.4 Å². The summed E-state index contributed by atoms with van der Waals surface area (Å²) in [6, 6.07) is 2.32. The summed E-state index contributed by atoms with van der Waals surface area (Å²) in [5.41, 5.74) is 2.02. The third-order valence-corrected chi connectivity index (χ3v) is 6.98. The van der Waals surface area contributed by atoms with Gasteiger partial charge in [0.05, 0.1) is 16.9 Å². The molecule has 3 aromatic heterocycles. The third kappa shape index (κ3) is 2.41. The molecule has 146 valence electrons. The van der Waals surface area contributed by atoms with Crippen molar-refractivity contribution in [3.05, 3.63) is 24.3 Å². The monoisotopic (exact) mass is 381 g/mol. The average molecular weight is 381 g/mol. The molecule has 0 saturated heterocycles. The Labute approximate surface area is 161 Å². The van der Waals surface area contributed by atoms with E-state index < -0.39 is 5.60 Å². The van der Waals surface area contributed by atoms with Crippen LogP contribution in [0, 0.1) is 17.8 Å². The maximum absolute atomic E-state index is 10.9. The van der Waals surface area contributed by atoms with Gasteiger partial charge in [0.1, 0.15) is 12.3 Å². The second kappa shape index (κ2) is 5.78. The maximum Gasteiger partial charge on any atom is 0.261 e. The molecule has 3 aromatic rings. The summed E-state index contributed by atoms with van der Waals surface area (Å²) in [5.74, 6) is 2.22. The van der Waals surface area contributed by atoms with Crippen LogP contribution in [-0.4, -0.2) is 42.0 Å². The fraction of sp³-hybridized carbons (Fsp3) is 0.550. The number of nitrogens with zero attached hydrogens (tertiary/aromatic N) is 3. The summed E-state index contributed by atoms with van der Waals surface area (Å²) in [5, 5.41) is 28.8. The van der Waals surface area contributed by atoms with Crippen LogP contribution in [0.3, 0.4) is 0 Å². The average Bonchev–Trinajstić information content (AvgIpc) is 3.32. The Bertz CT molecular complexity index is 1030. The van der Waals surface area contributed by atoms with Gasteiger partial charge in [0, 0.05) is 23.8 Å². The Morgan fingerprint density at radius 3 is 2.79 bits per heavy atom. The molecule has 2 unspecified atom stereocenters. The minimum Gasteiger partial charge on any atom is -0.390 e. The van der Waals surface area contributed by atoms with Crippen LogP contribution >= 0.6 is 0 Å². The standard InChI is InChI=1S/C20H23N5O3/c26-9-15-23-19(28-25-15)14-8-22-18-13(1-2-21-18)17(14)24-16-11-3-10-4-12(16)7-20(27,5-10)6-11/h1-2,8,10-12,16,26-27H,3-7,9H2,(H2,21,22,24). The molecule has 2 atom stereocenters. The Morgan fingerprint density at radius 2 is 2.07 bits per heavy atom. The highest BCUT2D eigenvalue weighted by Gasteiger charge is 2.54. The van der Waals surface area contributed by atoms with Gasteiger partial charge in [-0.15, -0.1) is 0 Å². The normalized spacial score (nSPS) is 33.6. The first-order valence-corrected chi connectivity index (χ1v) is 10.0. The van der Waals surface area contributed by atoms with Crippen molar-refractivity contribution in [2.75, 3.05) is 5.32 Å². The zero-order valence-corrected chi connectivity index (χ0v) is 15.4. The number of nitrogens with one attached hydrogen (secondary N) is 2. The molecule has 4 aliphatic carbocycles. The number of rotatable bonds is 4. The van der Waals surface area contributed by atoms with E-state index in [1.165, 1.54) is 12.8 Å². The molecule has 0 radical (unpaired) electrons. The van der Waals surface area contributed by atoms with Crippen molar-refractivity contribution in [2.45, 2.75) is 50.4 Å². The largest absolute Gasteiger partial charge is 0.390 e. The summed E-state index contributed by atoms with van der Waals surface area (Å²) in [7, 11) is 0. The molecule has 4 fully saturated rings. The van der Waals surface area contributed by atoms with Gasteiger partial charge in [0.15, 0.2) is 5.82 Å². The highest BCUT2D eigenvalue weighted by molar-refractivity contribution is 5.97. The van der Waals surface area contributed by atoms with Gasteiger partial charge in [-0.2, -0.15) is 4.98 Å². The van der Waals surface area contributed by atoms with Crippen molar-refractivity contribution in [1.82, 2.24) is 20.1 Å². The lowest BCUT2D eigenvalue weighted by Gasteiger charge is -2.58. The minimum absolute atomic E-state index is 0.256. The maximum atomic E-state index is 10.9. The van der Waals surface area contributed by atoms with Gasteiger partial charge in [-0.3, -0.25) is 0 Å². The molecule has 3 heterocycles. The predicted molar refractivity (Wildman–Crippen MR) is 101 cm³/mol. The molecule has 0 aliphatic heterocycles. The molecule has 4 saturated carbocycles. The van der Waals surface area contributed by atoms with Gasteiger partial charge >= 0.3 is 0 Å². The van der Waals surface area contributed by atoms with Crippen molar-refractivity contribution >= 4 is 16.7 Å². The Morgan fingerprint density at radius 1 is 1.25 bits per heavy atom. The van der Waals surface area contributed by atoms with Gasteiger partial charge in [-0.25, -0.2) is 4.98 Å². The van der Waals surface area contributed by atoms with Crippen LogP contribution in [-0.2, 0) is 6.61 Å². The van der Waals surface area contributed by atoms with Gasteiger partial charge in [-0.05, 0) is 55.9 Å². The number of fused-ring (bicyclic) bond motifs is 1. The molecule has 0 amide bonds. The topological polar surface area (TPSA) is 120 Å². The quantitative estimate of drug-likeness (QED) is 0.548. The van der Waals surface area contributed by atoms with E-state index in [2.05, 4.69) is 25.4 Å². The van der Waals surface area contributed by atoms with E-state index in [4.69, 9.17) is 4.52 Å². The lowest BCUT2D eigenvalue weighted by atomic mass is 9.52. The van der Waals surface area contributed by atoms with Crippen LogP contribution in [0.15, 0.2) is 23.0 Å². The van der Waals surface area contributed by atoms with E-state index in [1.807, 2.05) is 12.3 Å². The Kier molecular flexibility index (Phi) is 3.40. The van der Waals surface area contributed by atoms with Crippen LogP contribution in [0.1, 0.15) is 37.9 Å². The number of aromatic amines is 1. The zero-order valence-electron chi connectivity index (χ0n) is 15.4. The van der Waals surface area contributed by atoms with Crippen molar-refractivity contribution in [1.29, 1.82) is 0 Å². The minimum atomic E-state index is -0.457. The van der Waals surface area contributed by atoms with Crippen LogP contribution < -0.4 is 5.32 Å². The summed E-state index contributed by atoms with van der Waals surface area (Å²) < 4.78 is 5.38. The number of hydrogen-bond acceptors (Lipinski definition) is 7. The van der Waals surface area contributed by atoms with Crippen LogP contribution in [0.5, 0.6) is 0 Å². The van der Waals surface area contributed by atoms with E-state index in [1.54, 1.807) is 6.20 Å². The number of pyridine rings is 1. The fourth-order valence-electron chi connectivity index (χ4n) is 6.14. The molecule has 0 spiro atoms. The zero-order chi connectivity index (χ0) is 18.9. The number of aromatic nitrogens is 4. The second-order valence-electron chi connectivity index (χ2n) is 8.83. The first-order chi connectivity index (χ1) is 13.6. The number of hydrogen-bond donors (Lipinski definition) is 4. The molecule has 28 heavy (non-hydrogen) atoms. The smallest absolute Gasteiger partial charge is 0.261 e. The first-order valence-electron chi connectivity index (χ1n) is 10.0. The molecule has 4 N–H and O–H groups in total. The van der Waals surface area contributed by atoms with Crippen molar-refractivity contribution in [2.24, 2.45) is 17.8 Å². The molecule has 8 nitrogen and oxygen atoms in total. The predicted octanol–water partition coefficient (Wildman–Crippen LogP) is 2.46. The van der Waals surface area contributed by atoms with Gasteiger partial charge in [-0.1, -0.05) is 5.16 Å². The molecular weight excluding hydrogens is 358 g/mol. The van der Waals surface area contributed by atoms with Gasteiger partial charge in [0.2, 0.25) is 0 Å². The summed E-state index contributed by atoms with van der Waals surface area (Å²) in [6.45, 7) is -0.265. The van der Waals surface area contributed by atoms with Crippen LogP contribution in [0.2, 0.25) is 0 Å². The molecule has 0 aromatic carbocycles. The highest BCUT2D eigenvalue weighted by Crippen LogP contribution is 2.56. The van der Waals surface area contributed by atoms with Crippen LogP contribution in [0.4, 0.5) is 5.69 Å². The summed E-state index contributed by atoms with van der Waals surface area (Å²) >= 11 is 0. The van der Waals surface area contributed by atoms with E-state index >= 15 is 0 Å². The molecular formula is C20H23N5O3. The van der Waals surface area contributed by atoms with E-state index in [9.17, 15) is 10.2 Å². The fourth-order valence-corrected chi connectivity index (χ4v) is 6.14. The number of anilines is 1. The van der Waals surface area contributed by atoms with E-state index in [0.29, 0.717) is 29.7 Å². The van der Waals surface area contributed by atoms with Crippen molar-refractivity contribution < 1.29 is 14.7 Å². The summed E-state index contributed by atoms with van der Waals surface area (Å²) in [4.78, 5) is 11.9. The molecule has 4 bridgehead atoms. The van der Waals surface area contributed by atoms with Gasteiger partial charge in [0.25, 0.3) is 5.89 Å². The van der Waals surface area contributed by atoms with Gasteiger partial charge < -0.3 is 25.0 Å². The molecule has 4 aliphatic rings. The lowest BCUT2D eigenvalue weighted by molar-refractivity contribution is -0.129. The van der Waals surface area contributed by atoms with E-state index in [0.717, 1.165) is 41.5 Å². The highest BCUT2D eigenvalue weighted by atomic mass is 16.5. The summed E-state index contributed by atoms with van der Waals surface area (Å²) in [6.07, 6.45) is 8.71. The number of H-pyrrole nitrogens is 1. The molecule has 7 rings (SSSR count). The lowest BCUT2D eigenvalue weighted by Crippen LogP contribution is -2.59. The second-order valence-corrected chi connectivity index (χ2v) is 8.83. The third-order valence-electron chi connectivity index (χ3n) is 6.98. The number of aliphatic hydroxyl groups excluding tert-OH is 1. The SMILES string of the molecule is OCc1noc(-c2cnc3[nH]ccc3c2NC2C3CC4CC2CC(O)(C4)C3)n1. The molecule has 8 heteroatoms. The van der Waals surface area contributed by atoms with Crippen LogP contribution in [0.25, 0.3) is 22.5 Å². The number of aliphatic hydroxyl groups is 2. The Balaban J connectivity index is 1.42.